The molecular formula is C21H34O4. The van der Waals surface area contributed by atoms with Crippen LogP contribution in [0, 0.1) is 39.9 Å². The number of fused-ring (bicyclic) bond motifs is 3. The molecule has 0 aromatic heterocycles. The van der Waals surface area contributed by atoms with Crippen molar-refractivity contribution in [1.29, 1.82) is 0 Å². The lowest BCUT2D eigenvalue weighted by Crippen LogP contribution is -2.59. The minimum absolute atomic E-state index is 0.0479. The Bertz CT molecular complexity index is 558. The molecule has 8 atom stereocenters. The maximum atomic E-state index is 12.7. The Morgan fingerprint density at radius 2 is 1.92 bits per heavy atom. The third-order valence-corrected chi connectivity index (χ3v) is 9.22. The number of esters is 1. The molecule has 0 saturated heterocycles. The molecule has 4 aliphatic rings. The van der Waals surface area contributed by atoms with E-state index in [1.807, 2.05) is 0 Å². The average molecular weight is 350 g/mol. The second-order valence-electron chi connectivity index (χ2n) is 10.1. The van der Waals surface area contributed by atoms with Gasteiger partial charge < -0.3 is 14.9 Å². The molecule has 0 amide bonds. The van der Waals surface area contributed by atoms with Crippen LogP contribution in [0.5, 0.6) is 0 Å². The number of ether oxygens (including phenoxy) is 1. The first-order valence-electron chi connectivity index (χ1n) is 10.2. The van der Waals surface area contributed by atoms with Crippen molar-refractivity contribution in [1.82, 2.24) is 0 Å². The Balaban J connectivity index is 1.72. The van der Waals surface area contributed by atoms with E-state index in [4.69, 9.17) is 4.74 Å². The maximum Gasteiger partial charge on any atom is 0.311 e. The summed E-state index contributed by atoms with van der Waals surface area (Å²) in [6, 6.07) is 0. The third kappa shape index (κ3) is 2.22. The minimum atomic E-state index is -0.389. The zero-order chi connectivity index (χ0) is 18.0. The number of carbonyl (C=O) groups excluding carboxylic acids is 1. The van der Waals surface area contributed by atoms with E-state index in [1.54, 1.807) is 0 Å². The Labute approximate surface area is 151 Å². The van der Waals surface area contributed by atoms with Crippen LogP contribution in [0.25, 0.3) is 0 Å². The Morgan fingerprint density at radius 1 is 1.16 bits per heavy atom. The van der Waals surface area contributed by atoms with E-state index >= 15 is 0 Å². The summed E-state index contributed by atoms with van der Waals surface area (Å²) in [6.07, 6.45) is 8.05. The van der Waals surface area contributed by atoms with Gasteiger partial charge in [0, 0.05) is 6.61 Å². The highest BCUT2D eigenvalue weighted by atomic mass is 16.5. The van der Waals surface area contributed by atoms with Crippen molar-refractivity contribution in [2.45, 2.75) is 71.3 Å². The highest BCUT2D eigenvalue weighted by Crippen LogP contribution is 2.72. The molecule has 4 aliphatic carbocycles. The predicted octanol–water partition coefficient (Wildman–Crippen LogP) is 3.15. The van der Waals surface area contributed by atoms with Crippen LogP contribution in [0.1, 0.15) is 65.2 Å². The van der Waals surface area contributed by atoms with Gasteiger partial charge in [-0.3, -0.25) is 4.79 Å². The molecule has 4 heteroatoms. The zero-order valence-corrected chi connectivity index (χ0v) is 16.0. The molecule has 8 unspecified atom stereocenters. The summed E-state index contributed by atoms with van der Waals surface area (Å²) in [4.78, 5) is 12.7. The van der Waals surface area contributed by atoms with Gasteiger partial charge in [0.2, 0.25) is 0 Å². The summed E-state index contributed by atoms with van der Waals surface area (Å²) in [7, 11) is 1.52. The maximum absolute atomic E-state index is 12.7. The monoisotopic (exact) mass is 350 g/mol. The number of hydrogen-bond acceptors (Lipinski definition) is 4. The van der Waals surface area contributed by atoms with Gasteiger partial charge in [-0.05, 0) is 86.4 Å². The number of carbonyl (C=O) groups is 1. The molecule has 0 radical (unpaired) electrons. The van der Waals surface area contributed by atoms with Crippen LogP contribution in [0.15, 0.2) is 0 Å². The molecule has 1 spiro atoms. The van der Waals surface area contributed by atoms with Crippen molar-refractivity contribution in [2.75, 3.05) is 13.7 Å². The summed E-state index contributed by atoms with van der Waals surface area (Å²) >= 11 is 0. The van der Waals surface area contributed by atoms with Crippen molar-refractivity contribution in [2.24, 2.45) is 39.9 Å². The van der Waals surface area contributed by atoms with Crippen LogP contribution in [-0.4, -0.2) is 36.0 Å². The number of rotatable bonds is 2. The van der Waals surface area contributed by atoms with Gasteiger partial charge in [0.25, 0.3) is 0 Å². The van der Waals surface area contributed by atoms with Gasteiger partial charge in [0.05, 0.1) is 18.6 Å². The Kier molecular flexibility index (Phi) is 4.05. The molecule has 4 rings (SSSR count). The second-order valence-corrected chi connectivity index (χ2v) is 10.1. The van der Waals surface area contributed by atoms with Crippen LogP contribution in [-0.2, 0) is 9.53 Å². The first-order chi connectivity index (χ1) is 11.8. The fourth-order valence-electron chi connectivity index (χ4n) is 8.23. The SMILES string of the molecule is COC(=O)C1(C)CCCC2(C)C3CC(O)C4CC3(CCC12)CC4CO. The van der Waals surface area contributed by atoms with Crippen LogP contribution < -0.4 is 0 Å². The molecule has 2 N–H and O–H groups in total. The molecular weight excluding hydrogens is 316 g/mol. The predicted molar refractivity (Wildman–Crippen MR) is 94.7 cm³/mol. The normalized spacial score (nSPS) is 54.5. The van der Waals surface area contributed by atoms with Crippen molar-refractivity contribution >= 4 is 5.97 Å². The van der Waals surface area contributed by atoms with Gasteiger partial charge in [0.1, 0.15) is 0 Å². The standard InChI is InChI=1S/C21H34O4/c1-19-6-4-7-20(2,18(24)25-3)16(19)5-8-21-10-13(12-22)14(11-21)15(23)9-17(19)21/h13-17,22-23H,4-12H2,1-3H3. The molecule has 4 saturated carbocycles. The number of aliphatic hydroxyl groups is 2. The number of aliphatic hydroxyl groups excluding tert-OH is 2. The van der Waals surface area contributed by atoms with Gasteiger partial charge in [-0.2, -0.15) is 0 Å². The highest BCUT2D eigenvalue weighted by Gasteiger charge is 2.67. The summed E-state index contributed by atoms with van der Waals surface area (Å²) in [5, 5.41) is 20.7. The molecule has 0 aliphatic heterocycles. The van der Waals surface area contributed by atoms with Crippen molar-refractivity contribution in [3.63, 3.8) is 0 Å². The van der Waals surface area contributed by atoms with Gasteiger partial charge >= 0.3 is 5.97 Å². The van der Waals surface area contributed by atoms with Crippen LogP contribution >= 0.6 is 0 Å². The molecule has 4 fully saturated rings. The number of methoxy groups -OCH3 is 1. The molecule has 25 heavy (non-hydrogen) atoms. The van der Waals surface area contributed by atoms with Gasteiger partial charge in [-0.15, -0.1) is 0 Å². The zero-order valence-electron chi connectivity index (χ0n) is 16.0. The van der Waals surface area contributed by atoms with E-state index < -0.39 is 0 Å². The van der Waals surface area contributed by atoms with Gasteiger partial charge in [-0.25, -0.2) is 0 Å². The lowest BCUT2D eigenvalue weighted by atomic mass is 9.41. The van der Waals surface area contributed by atoms with Crippen LogP contribution in [0.2, 0.25) is 0 Å². The van der Waals surface area contributed by atoms with E-state index in [1.165, 1.54) is 7.11 Å². The summed E-state index contributed by atoms with van der Waals surface area (Å²) in [6.45, 7) is 4.71. The molecule has 0 aromatic carbocycles. The first-order valence-corrected chi connectivity index (χ1v) is 10.2. The van der Waals surface area contributed by atoms with Crippen LogP contribution in [0.4, 0.5) is 0 Å². The van der Waals surface area contributed by atoms with Gasteiger partial charge in [0.15, 0.2) is 0 Å². The largest absolute Gasteiger partial charge is 0.469 e. The van der Waals surface area contributed by atoms with Crippen molar-refractivity contribution in [3.8, 4) is 0 Å². The Morgan fingerprint density at radius 3 is 2.60 bits per heavy atom. The number of hydrogen-bond donors (Lipinski definition) is 2. The summed E-state index contributed by atoms with van der Waals surface area (Å²) in [5.74, 6) is 1.29. The molecule has 0 heterocycles. The quantitative estimate of drug-likeness (QED) is 0.751. The van der Waals surface area contributed by atoms with Gasteiger partial charge in [-0.1, -0.05) is 13.3 Å². The van der Waals surface area contributed by atoms with E-state index in [-0.39, 0.29) is 46.8 Å². The summed E-state index contributed by atoms with van der Waals surface area (Å²) < 4.78 is 5.22. The second kappa shape index (κ2) is 5.69. The van der Waals surface area contributed by atoms with Crippen molar-refractivity contribution in [3.05, 3.63) is 0 Å². The fourth-order valence-corrected chi connectivity index (χ4v) is 8.23. The van der Waals surface area contributed by atoms with E-state index in [2.05, 4.69) is 13.8 Å². The summed E-state index contributed by atoms with van der Waals surface area (Å²) in [5.41, 5.74) is -0.0210. The molecule has 0 aromatic rings. The van der Waals surface area contributed by atoms with Crippen molar-refractivity contribution < 1.29 is 19.7 Å². The third-order valence-electron chi connectivity index (χ3n) is 9.22. The lowest BCUT2D eigenvalue weighted by molar-refractivity contribution is -0.189. The highest BCUT2D eigenvalue weighted by molar-refractivity contribution is 5.77. The molecule has 4 nitrogen and oxygen atoms in total. The molecule has 142 valence electrons. The lowest BCUT2D eigenvalue weighted by Gasteiger charge is -2.64. The van der Waals surface area contributed by atoms with E-state index in [0.717, 1.165) is 51.4 Å². The average Bonchev–Trinajstić information content (AvgIpc) is 2.91. The minimum Gasteiger partial charge on any atom is -0.469 e. The molecule has 2 bridgehead atoms. The first kappa shape index (κ1) is 17.8. The van der Waals surface area contributed by atoms with E-state index in [0.29, 0.717) is 11.8 Å². The smallest absolute Gasteiger partial charge is 0.311 e. The topological polar surface area (TPSA) is 66.8 Å². The fraction of sp³-hybridized carbons (Fsp3) is 0.952. The Hall–Kier alpha value is -0.610. The van der Waals surface area contributed by atoms with Crippen LogP contribution in [0.3, 0.4) is 0 Å². The van der Waals surface area contributed by atoms with E-state index in [9.17, 15) is 15.0 Å².